The van der Waals surface area contributed by atoms with Gasteiger partial charge in [0.15, 0.2) is 5.76 Å². The van der Waals surface area contributed by atoms with Gasteiger partial charge in [0.2, 0.25) is 11.7 Å². The fourth-order valence-electron chi connectivity index (χ4n) is 3.17. The fourth-order valence-corrected chi connectivity index (χ4v) is 3.17. The van der Waals surface area contributed by atoms with Crippen LogP contribution in [0.2, 0.25) is 0 Å². The van der Waals surface area contributed by atoms with Gasteiger partial charge in [0.1, 0.15) is 0 Å². The van der Waals surface area contributed by atoms with Crippen LogP contribution in [0, 0.1) is 0 Å². The van der Waals surface area contributed by atoms with Crippen molar-refractivity contribution in [1.29, 1.82) is 0 Å². The van der Waals surface area contributed by atoms with E-state index < -0.39 is 0 Å². The molecule has 0 aliphatic carbocycles. The molecule has 4 rings (SSSR count). The number of hydrogen-bond donors (Lipinski definition) is 0. The van der Waals surface area contributed by atoms with Crippen molar-refractivity contribution in [3.05, 3.63) is 60.2 Å². The molecule has 0 amide bonds. The SMILES string of the molecule is c1ccc(C2CCN(Cc3nc(-c4ccco4)no3)CC2)cc1. The Labute approximate surface area is 134 Å². The molecule has 0 bridgehead atoms. The van der Waals surface area contributed by atoms with Gasteiger partial charge >= 0.3 is 0 Å². The van der Waals surface area contributed by atoms with E-state index in [9.17, 15) is 0 Å². The van der Waals surface area contributed by atoms with Gasteiger partial charge in [-0.15, -0.1) is 0 Å². The van der Waals surface area contributed by atoms with Crippen LogP contribution in [0.25, 0.3) is 11.6 Å². The normalized spacial score (nSPS) is 16.7. The van der Waals surface area contributed by atoms with Gasteiger partial charge in [-0.3, -0.25) is 4.90 Å². The largest absolute Gasteiger partial charge is 0.461 e. The molecule has 1 fully saturated rings. The minimum absolute atomic E-state index is 0.518. The summed E-state index contributed by atoms with van der Waals surface area (Å²) in [6, 6.07) is 14.4. The Morgan fingerprint density at radius 2 is 1.87 bits per heavy atom. The fraction of sp³-hybridized carbons (Fsp3) is 0.333. The van der Waals surface area contributed by atoms with Gasteiger partial charge in [-0.1, -0.05) is 35.5 Å². The van der Waals surface area contributed by atoms with Gasteiger partial charge in [0.25, 0.3) is 0 Å². The van der Waals surface area contributed by atoms with Crippen molar-refractivity contribution in [3.63, 3.8) is 0 Å². The molecular formula is C18H19N3O2. The topological polar surface area (TPSA) is 55.3 Å². The summed E-state index contributed by atoms with van der Waals surface area (Å²) in [5.74, 6) is 2.47. The van der Waals surface area contributed by atoms with Gasteiger partial charge in [0.05, 0.1) is 12.8 Å². The third kappa shape index (κ3) is 3.19. The summed E-state index contributed by atoms with van der Waals surface area (Å²) in [6.07, 6.45) is 3.95. The number of nitrogens with zero attached hydrogens (tertiary/aromatic N) is 3. The van der Waals surface area contributed by atoms with Crippen molar-refractivity contribution >= 4 is 0 Å². The lowest BCUT2D eigenvalue weighted by Crippen LogP contribution is -2.32. The number of rotatable bonds is 4. The lowest BCUT2D eigenvalue weighted by atomic mass is 9.89. The third-order valence-electron chi connectivity index (χ3n) is 4.43. The van der Waals surface area contributed by atoms with Crippen LogP contribution >= 0.6 is 0 Å². The zero-order valence-electron chi connectivity index (χ0n) is 12.9. The van der Waals surface area contributed by atoms with E-state index in [1.807, 2.05) is 12.1 Å². The Morgan fingerprint density at radius 3 is 2.61 bits per heavy atom. The van der Waals surface area contributed by atoms with Crippen LogP contribution < -0.4 is 0 Å². The molecule has 1 saturated heterocycles. The second-order valence-electron chi connectivity index (χ2n) is 5.95. The van der Waals surface area contributed by atoms with Crippen LogP contribution in [0.5, 0.6) is 0 Å². The highest BCUT2D eigenvalue weighted by molar-refractivity contribution is 5.44. The second kappa shape index (κ2) is 6.38. The summed E-state index contributed by atoms with van der Waals surface area (Å²) in [6.45, 7) is 2.81. The Bertz CT molecular complexity index is 729. The average Bonchev–Trinajstić information content (AvgIpc) is 3.28. The van der Waals surface area contributed by atoms with E-state index in [-0.39, 0.29) is 0 Å². The lowest BCUT2D eigenvalue weighted by molar-refractivity contribution is 0.181. The van der Waals surface area contributed by atoms with E-state index in [0.717, 1.165) is 13.1 Å². The molecule has 23 heavy (non-hydrogen) atoms. The first kappa shape index (κ1) is 14.2. The summed E-state index contributed by atoms with van der Waals surface area (Å²) >= 11 is 0. The third-order valence-corrected chi connectivity index (χ3v) is 4.43. The number of piperidine rings is 1. The van der Waals surface area contributed by atoms with Gasteiger partial charge in [-0.2, -0.15) is 4.98 Å². The maximum atomic E-state index is 5.34. The van der Waals surface area contributed by atoms with Crippen LogP contribution in [-0.4, -0.2) is 28.1 Å². The average molecular weight is 309 g/mol. The predicted octanol–water partition coefficient (Wildman–Crippen LogP) is 3.71. The predicted molar refractivity (Wildman–Crippen MR) is 85.7 cm³/mol. The molecule has 0 spiro atoms. The zero-order valence-corrected chi connectivity index (χ0v) is 12.9. The van der Waals surface area contributed by atoms with Crippen molar-refractivity contribution in [3.8, 4) is 11.6 Å². The molecule has 3 heterocycles. The monoisotopic (exact) mass is 309 g/mol. The lowest BCUT2D eigenvalue weighted by Gasteiger charge is -2.31. The van der Waals surface area contributed by atoms with Gasteiger partial charge < -0.3 is 8.94 Å². The van der Waals surface area contributed by atoms with Crippen LogP contribution in [-0.2, 0) is 6.54 Å². The number of hydrogen-bond acceptors (Lipinski definition) is 5. The second-order valence-corrected chi connectivity index (χ2v) is 5.95. The van der Waals surface area contributed by atoms with Crippen molar-refractivity contribution in [1.82, 2.24) is 15.0 Å². The number of likely N-dealkylation sites (tertiary alicyclic amines) is 1. The highest BCUT2D eigenvalue weighted by Gasteiger charge is 2.22. The Kier molecular flexibility index (Phi) is 3.94. The summed E-state index contributed by atoms with van der Waals surface area (Å²) in [5.41, 5.74) is 1.45. The van der Waals surface area contributed by atoms with E-state index in [1.54, 1.807) is 6.26 Å². The molecule has 0 unspecified atom stereocenters. The van der Waals surface area contributed by atoms with E-state index >= 15 is 0 Å². The van der Waals surface area contributed by atoms with Gasteiger partial charge in [-0.05, 0) is 49.5 Å². The van der Waals surface area contributed by atoms with E-state index in [0.29, 0.717) is 29.9 Å². The van der Waals surface area contributed by atoms with Crippen molar-refractivity contribution in [2.75, 3.05) is 13.1 Å². The minimum Gasteiger partial charge on any atom is -0.461 e. The highest BCUT2D eigenvalue weighted by atomic mass is 16.5. The van der Waals surface area contributed by atoms with E-state index in [1.165, 1.54) is 18.4 Å². The molecule has 0 saturated carbocycles. The smallest absolute Gasteiger partial charge is 0.241 e. The summed E-state index contributed by atoms with van der Waals surface area (Å²) < 4.78 is 10.6. The Balaban J connectivity index is 1.35. The van der Waals surface area contributed by atoms with E-state index in [2.05, 4.69) is 45.4 Å². The van der Waals surface area contributed by atoms with Crippen LogP contribution in [0.3, 0.4) is 0 Å². The molecule has 5 nitrogen and oxygen atoms in total. The molecule has 1 aliphatic heterocycles. The quantitative estimate of drug-likeness (QED) is 0.735. The standard InChI is InChI=1S/C18H19N3O2/c1-2-5-14(6-3-1)15-8-10-21(11-9-15)13-17-19-18(20-23-17)16-7-4-12-22-16/h1-7,12,15H,8-11,13H2. The number of benzene rings is 1. The highest BCUT2D eigenvalue weighted by Crippen LogP contribution is 2.28. The van der Waals surface area contributed by atoms with Crippen LogP contribution in [0.4, 0.5) is 0 Å². The molecule has 3 aromatic rings. The number of furan rings is 1. The summed E-state index contributed by atoms with van der Waals surface area (Å²) in [7, 11) is 0. The van der Waals surface area contributed by atoms with Crippen LogP contribution in [0.15, 0.2) is 57.7 Å². The zero-order chi connectivity index (χ0) is 15.5. The molecule has 0 atom stereocenters. The Hall–Kier alpha value is -2.40. The molecule has 0 radical (unpaired) electrons. The molecule has 0 N–H and O–H groups in total. The molecule has 1 aliphatic rings. The van der Waals surface area contributed by atoms with Gasteiger partial charge in [0, 0.05) is 0 Å². The van der Waals surface area contributed by atoms with E-state index in [4.69, 9.17) is 8.94 Å². The van der Waals surface area contributed by atoms with Crippen molar-refractivity contribution < 1.29 is 8.94 Å². The summed E-state index contributed by atoms with van der Waals surface area (Å²) in [4.78, 5) is 6.78. The first-order valence-corrected chi connectivity index (χ1v) is 8.02. The van der Waals surface area contributed by atoms with Crippen molar-refractivity contribution in [2.24, 2.45) is 0 Å². The van der Waals surface area contributed by atoms with Gasteiger partial charge in [-0.25, -0.2) is 0 Å². The molecule has 1 aromatic carbocycles. The molecule has 5 heteroatoms. The minimum atomic E-state index is 0.518. The van der Waals surface area contributed by atoms with Crippen molar-refractivity contribution in [2.45, 2.75) is 25.3 Å². The molecule has 118 valence electrons. The first-order chi connectivity index (χ1) is 11.4. The van der Waals surface area contributed by atoms with Crippen LogP contribution in [0.1, 0.15) is 30.2 Å². The molecule has 2 aromatic heterocycles. The Morgan fingerprint density at radius 1 is 1.04 bits per heavy atom. The first-order valence-electron chi connectivity index (χ1n) is 8.02. The summed E-state index contributed by atoms with van der Waals surface area (Å²) in [5, 5.41) is 3.98. The maximum absolute atomic E-state index is 5.34. The number of aromatic nitrogens is 2. The molecular weight excluding hydrogens is 290 g/mol. The maximum Gasteiger partial charge on any atom is 0.241 e.